The zero-order valence-electron chi connectivity index (χ0n) is 9.70. The minimum Gasteiger partial charge on any atom is -0.370 e. The van der Waals surface area contributed by atoms with Crippen molar-refractivity contribution in [2.24, 2.45) is 5.92 Å². The second-order valence-corrected chi connectivity index (χ2v) is 4.06. The minimum atomic E-state index is 0.608. The van der Waals surface area contributed by atoms with Gasteiger partial charge in [0.05, 0.1) is 11.3 Å². The molecule has 0 heterocycles. The number of benzene rings is 1. The topological polar surface area (TPSA) is 27.0 Å². The van der Waals surface area contributed by atoms with Crippen molar-refractivity contribution < 1.29 is 0 Å². The van der Waals surface area contributed by atoms with Crippen LogP contribution in [0.25, 0.3) is 0 Å². The summed E-state index contributed by atoms with van der Waals surface area (Å²) in [5.74, 6) is 0.608. The van der Waals surface area contributed by atoms with Gasteiger partial charge in [0.1, 0.15) is 6.07 Å². The smallest absolute Gasteiger partial charge is 0.101 e. The molecular formula is C13H18N2. The van der Waals surface area contributed by atoms with Crippen LogP contribution in [0, 0.1) is 17.2 Å². The SMILES string of the molecule is CCN(CC(C)C)c1ccccc1C#N. The first kappa shape index (κ1) is 11.6. The molecule has 0 N–H and O–H groups in total. The Morgan fingerprint density at radius 1 is 1.33 bits per heavy atom. The van der Waals surface area contributed by atoms with Crippen molar-refractivity contribution in [1.29, 1.82) is 5.26 Å². The van der Waals surface area contributed by atoms with Gasteiger partial charge in [0.15, 0.2) is 0 Å². The molecule has 0 radical (unpaired) electrons. The summed E-state index contributed by atoms with van der Waals surface area (Å²) in [6.45, 7) is 8.44. The Morgan fingerprint density at radius 3 is 2.53 bits per heavy atom. The number of para-hydroxylation sites is 1. The lowest BCUT2D eigenvalue weighted by molar-refractivity contribution is 0.618. The summed E-state index contributed by atoms with van der Waals surface area (Å²) in [4.78, 5) is 2.25. The number of rotatable bonds is 4. The fourth-order valence-corrected chi connectivity index (χ4v) is 1.68. The quantitative estimate of drug-likeness (QED) is 0.750. The first-order valence-electron chi connectivity index (χ1n) is 5.43. The molecule has 2 heteroatoms. The highest BCUT2D eigenvalue weighted by Gasteiger charge is 2.09. The van der Waals surface area contributed by atoms with Crippen LogP contribution in [0.1, 0.15) is 26.3 Å². The standard InChI is InChI=1S/C13H18N2/c1-4-15(10-11(2)3)13-8-6-5-7-12(13)9-14/h5-8,11H,4,10H2,1-3H3. The zero-order chi connectivity index (χ0) is 11.3. The molecular weight excluding hydrogens is 184 g/mol. The molecule has 0 unspecified atom stereocenters. The molecule has 0 bridgehead atoms. The average molecular weight is 202 g/mol. The van der Waals surface area contributed by atoms with Crippen molar-refractivity contribution >= 4 is 5.69 Å². The predicted molar refractivity (Wildman–Crippen MR) is 63.9 cm³/mol. The van der Waals surface area contributed by atoms with E-state index in [1.54, 1.807) is 0 Å². The van der Waals surface area contributed by atoms with E-state index in [0.29, 0.717) is 5.92 Å². The van der Waals surface area contributed by atoms with Gasteiger partial charge in [-0.1, -0.05) is 26.0 Å². The van der Waals surface area contributed by atoms with Crippen LogP contribution in [-0.2, 0) is 0 Å². The highest BCUT2D eigenvalue weighted by atomic mass is 15.1. The van der Waals surface area contributed by atoms with Gasteiger partial charge in [0.2, 0.25) is 0 Å². The number of hydrogen-bond acceptors (Lipinski definition) is 2. The van der Waals surface area contributed by atoms with Gasteiger partial charge in [-0.3, -0.25) is 0 Å². The first-order valence-corrected chi connectivity index (χ1v) is 5.43. The summed E-state index contributed by atoms with van der Waals surface area (Å²) in [5.41, 5.74) is 1.82. The normalized spacial score (nSPS) is 10.1. The predicted octanol–water partition coefficient (Wildman–Crippen LogP) is 3.04. The fraction of sp³-hybridized carbons (Fsp3) is 0.462. The van der Waals surface area contributed by atoms with Gasteiger partial charge in [-0.25, -0.2) is 0 Å². The van der Waals surface area contributed by atoms with Crippen LogP contribution in [0.3, 0.4) is 0 Å². The average Bonchev–Trinajstić information content (AvgIpc) is 2.25. The minimum absolute atomic E-state index is 0.608. The summed E-state index contributed by atoms with van der Waals surface area (Å²) >= 11 is 0. The summed E-state index contributed by atoms with van der Waals surface area (Å²) in [6.07, 6.45) is 0. The van der Waals surface area contributed by atoms with E-state index in [4.69, 9.17) is 5.26 Å². The molecule has 0 aliphatic carbocycles. The van der Waals surface area contributed by atoms with Gasteiger partial charge in [-0.2, -0.15) is 5.26 Å². The third kappa shape index (κ3) is 2.99. The molecule has 1 aromatic rings. The highest BCUT2D eigenvalue weighted by Crippen LogP contribution is 2.20. The number of nitrogens with zero attached hydrogens (tertiary/aromatic N) is 2. The van der Waals surface area contributed by atoms with Gasteiger partial charge in [-0.05, 0) is 25.0 Å². The van der Waals surface area contributed by atoms with Crippen molar-refractivity contribution in [2.75, 3.05) is 18.0 Å². The van der Waals surface area contributed by atoms with Crippen molar-refractivity contribution in [1.82, 2.24) is 0 Å². The van der Waals surface area contributed by atoms with Crippen LogP contribution in [0.2, 0.25) is 0 Å². The lowest BCUT2D eigenvalue weighted by Gasteiger charge is -2.25. The highest BCUT2D eigenvalue weighted by molar-refractivity contribution is 5.59. The maximum Gasteiger partial charge on any atom is 0.101 e. The third-order valence-electron chi connectivity index (χ3n) is 2.33. The van der Waals surface area contributed by atoms with E-state index < -0.39 is 0 Å². The van der Waals surface area contributed by atoms with E-state index in [9.17, 15) is 0 Å². The van der Waals surface area contributed by atoms with E-state index in [1.165, 1.54) is 0 Å². The van der Waals surface area contributed by atoms with Crippen LogP contribution >= 0.6 is 0 Å². The van der Waals surface area contributed by atoms with E-state index in [-0.39, 0.29) is 0 Å². The van der Waals surface area contributed by atoms with Crippen LogP contribution in [0.5, 0.6) is 0 Å². The molecule has 0 saturated heterocycles. The molecule has 0 amide bonds. The molecule has 0 atom stereocenters. The zero-order valence-corrected chi connectivity index (χ0v) is 9.70. The van der Waals surface area contributed by atoms with Crippen LogP contribution in [-0.4, -0.2) is 13.1 Å². The molecule has 80 valence electrons. The van der Waals surface area contributed by atoms with Gasteiger partial charge in [0.25, 0.3) is 0 Å². The van der Waals surface area contributed by atoms with E-state index >= 15 is 0 Å². The number of anilines is 1. The van der Waals surface area contributed by atoms with Gasteiger partial charge >= 0.3 is 0 Å². The summed E-state index contributed by atoms with van der Waals surface area (Å²) < 4.78 is 0. The third-order valence-corrected chi connectivity index (χ3v) is 2.33. The molecule has 0 aliphatic rings. The summed E-state index contributed by atoms with van der Waals surface area (Å²) in [5, 5.41) is 9.02. The Hall–Kier alpha value is -1.49. The first-order chi connectivity index (χ1) is 7.19. The van der Waals surface area contributed by atoms with Crippen molar-refractivity contribution in [2.45, 2.75) is 20.8 Å². The van der Waals surface area contributed by atoms with E-state index in [0.717, 1.165) is 24.3 Å². The molecule has 1 rings (SSSR count). The fourth-order valence-electron chi connectivity index (χ4n) is 1.68. The van der Waals surface area contributed by atoms with E-state index in [1.807, 2.05) is 24.3 Å². The van der Waals surface area contributed by atoms with Gasteiger partial charge in [-0.15, -0.1) is 0 Å². The molecule has 0 aliphatic heterocycles. The van der Waals surface area contributed by atoms with Gasteiger partial charge in [0, 0.05) is 13.1 Å². The van der Waals surface area contributed by atoms with Crippen molar-refractivity contribution in [3.8, 4) is 6.07 Å². The summed E-state index contributed by atoms with van der Waals surface area (Å²) in [7, 11) is 0. The molecule has 0 saturated carbocycles. The Kier molecular flexibility index (Phi) is 4.17. The largest absolute Gasteiger partial charge is 0.370 e. The maximum absolute atomic E-state index is 9.02. The van der Waals surface area contributed by atoms with Crippen LogP contribution in [0.15, 0.2) is 24.3 Å². The van der Waals surface area contributed by atoms with Crippen LogP contribution < -0.4 is 4.90 Å². The van der Waals surface area contributed by atoms with E-state index in [2.05, 4.69) is 31.7 Å². The molecule has 1 aromatic carbocycles. The maximum atomic E-state index is 9.02. The Labute approximate surface area is 92.1 Å². The molecule has 0 aromatic heterocycles. The lowest BCUT2D eigenvalue weighted by atomic mass is 10.1. The lowest BCUT2D eigenvalue weighted by Crippen LogP contribution is -2.27. The van der Waals surface area contributed by atoms with Crippen molar-refractivity contribution in [3.05, 3.63) is 29.8 Å². The van der Waals surface area contributed by atoms with Gasteiger partial charge < -0.3 is 4.90 Å². The number of hydrogen-bond donors (Lipinski definition) is 0. The number of nitriles is 1. The Bertz CT molecular complexity index is 350. The van der Waals surface area contributed by atoms with Crippen molar-refractivity contribution in [3.63, 3.8) is 0 Å². The molecule has 0 spiro atoms. The molecule has 0 fully saturated rings. The Balaban J connectivity index is 2.96. The second-order valence-electron chi connectivity index (χ2n) is 4.06. The molecule has 2 nitrogen and oxygen atoms in total. The summed E-state index contributed by atoms with van der Waals surface area (Å²) in [6, 6.07) is 10.0. The monoisotopic (exact) mass is 202 g/mol. The second kappa shape index (κ2) is 5.41. The van der Waals surface area contributed by atoms with Crippen LogP contribution in [0.4, 0.5) is 5.69 Å². The molecule has 15 heavy (non-hydrogen) atoms. The Morgan fingerprint density at radius 2 is 2.00 bits per heavy atom.